The van der Waals surface area contributed by atoms with Crippen molar-refractivity contribution in [3.63, 3.8) is 0 Å². The third kappa shape index (κ3) is 3.00. The Morgan fingerprint density at radius 3 is 2.60 bits per heavy atom. The summed E-state index contributed by atoms with van der Waals surface area (Å²) < 4.78 is 26.9. The predicted octanol–water partition coefficient (Wildman–Crippen LogP) is 3.85. The lowest BCUT2D eigenvalue weighted by atomic mass is 10.1. The van der Waals surface area contributed by atoms with E-state index in [0.29, 0.717) is 10.5 Å². The third-order valence-corrected chi connectivity index (χ3v) is 3.02. The van der Waals surface area contributed by atoms with Gasteiger partial charge in [-0.2, -0.15) is 5.26 Å². The summed E-state index contributed by atoms with van der Waals surface area (Å²) in [6, 6.07) is 9.26. The zero-order valence-corrected chi connectivity index (χ0v) is 11.5. The van der Waals surface area contributed by atoms with E-state index in [-0.39, 0.29) is 16.8 Å². The molecular formula is C14H7BrF2N2O. The Bertz CT molecular complexity index is 726. The number of hydrogen-bond acceptors (Lipinski definition) is 2. The van der Waals surface area contributed by atoms with E-state index in [2.05, 4.69) is 21.2 Å². The second kappa shape index (κ2) is 5.80. The molecule has 0 aromatic heterocycles. The SMILES string of the molecule is N#Cc1ccc(Br)cc1NC(=O)c1ccc(F)cc1F. The number of hydrogen-bond donors (Lipinski definition) is 1. The van der Waals surface area contributed by atoms with Gasteiger partial charge in [-0.15, -0.1) is 0 Å². The van der Waals surface area contributed by atoms with E-state index in [1.54, 1.807) is 6.07 Å². The molecule has 0 saturated carbocycles. The Kier molecular flexibility index (Phi) is 4.11. The van der Waals surface area contributed by atoms with Gasteiger partial charge in [-0.05, 0) is 30.3 Å². The molecule has 0 atom stereocenters. The molecule has 0 spiro atoms. The van der Waals surface area contributed by atoms with E-state index < -0.39 is 17.5 Å². The fraction of sp³-hybridized carbons (Fsp3) is 0. The Hall–Kier alpha value is -2.26. The predicted molar refractivity (Wildman–Crippen MR) is 73.2 cm³/mol. The minimum atomic E-state index is -0.962. The highest BCUT2D eigenvalue weighted by Crippen LogP contribution is 2.22. The molecule has 20 heavy (non-hydrogen) atoms. The van der Waals surface area contributed by atoms with Crippen LogP contribution in [0.3, 0.4) is 0 Å². The summed E-state index contributed by atoms with van der Waals surface area (Å²) in [5, 5.41) is 11.4. The van der Waals surface area contributed by atoms with Crippen LogP contribution in [0.15, 0.2) is 40.9 Å². The number of carbonyl (C=O) groups excluding carboxylic acids is 1. The molecule has 6 heteroatoms. The Morgan fingerprint density at radius 1 is 1.20 bits per heavy atom. The summed E-state index contributed by atoms with van der Waals surface area (Å²) in [6.07, 6.45) is 0. The molecule has 3 nitrogen and oxygen atoms in total. The minimum Gasteiger partial charge on any atom is -0.321 e. The van der Waals surface area contributed by atoms with Crippen LogP contribution < -0.4 is 5.32 Å². The van der Waals surface area contributed by atoms with Crippen molar-refractivity contribution in [1.82, 2.24) is 0 Å². The number of nitrogens with one attached hydrogen (secondary N) is 1. The number of amides is 1. The van der Waals surface area contributed by atoms with E-state index in [9.17, 15) is 13.6 Å². The fourth-order valence-corrected chi connectivity index (χ4v) is 1.94. The van der Waals surface area contributed by atoms with Crippen molar-refractivity contribution in [1.29, 1.82) is 5.26 Å². The van der Waals surface area contributed by atoms with Crippen LogP contribution >= 0.6 is 15.9 Å². The number of rotatable bonds is 2. The first-order chi connectivity index (χ1) is 9.51. The number of nitrogens with zero attached hydrogens (tertiary/aromatic N) is 1. The molecule has 2 rings (SSSR count). The van der Waals surface area contributed by atoms with Crippen LogP contribution in [0.1, 0.15) is 15.9 Å². The summed E-state index contributed by atoms with van der Waals surface area (Å²) in [5.74, 6) is -2.48. The lowest BCUT2D eigenvalue weighted by molar-refractivity contribution is 0.102. The van der Waals surface area contributed by atoms with E-state index >= 15 is 0 Å². The monoisotopic (exact) mass is 336 g/mol. The van der Waals surface area contributed by atoms with Gasteiger partial charge in [0.15, 0.2) is 0 Å². The highest BCUT2D eigenvalue weighted by Gasteiger charge is 2.14. The second-order valence-electron chi connectivity index (χ2n) is 3.88. The highest BCUT2D eigenvalue weighted by molar-refractivity contribution is 9.10. The first-order valence-electron chi connectivity index (χ1n) is 5.47. The average molecular weight is 337 g/mol. The van der Waals surface area contributed by atoms with Crippen LogP contribution in [-0.2, 0) is 0 Å². The van der Waals surface area contributed by atoms with Gasteiger partial charge in [0.1, 0.15) is 17.7 Å². The van der Waals surface area contributed by atoms with Crippen LogP contribution in [0.2, 0.25) is 0 Å². The molecule has 1 N–H and O–H groups in total. The van der Waals surface area contributed by atoms with Crippen LogP contribution in [0.25, 0.3) is 0 Å². The molecule has 0 saturated heterocycles. The maximum Gasteiger partial charge on any atom is 0.258 e. The van der Waals surface area contributed by atoms with Gasteiger partial charge in [-0.3, -0.25) is 4.79 Å². The minimum absolute atomic E-state index is 0.240. The van der Waals surface area contributed by atoms with Gasteiger partial charge < -0.3 is 5.32 Å². The van der Waals surface area contributed by atoms with Crippen LogP contribution in [0, 0.1) is 23.0 Å². The molecule has 0 fully saturated rings. The quantitative estimate of drug-likeness (QED) is 0.905. The number of anilines is 1. The van der Waals surface area contributed by atoms with Crippen molar-refractivity contribution in [2.24, 2.45) is 0 Å². The number of halogens is 3. The fourth-order valence-electron chi connectivity index (χ4n) is 1.58. The molecule has 0 radical (unpaired) electrons. The summed E-state index contributed by atoms with van der Waals surface area (Å²) in [5.41, 5.74) is 0.190. The highest BCUT2D eigenvalue weighted by atomic mass is 79.9. The summed E-state index contributed by atoms with van der Waals surface area (Å²) in [4.78, 5) is 11.9. The molecule has 0 aliphatic carbocycles. The largest absolute Gasteiger partial charge is 0.321 e. The van der Waals surface area contributed by atoms with Crippen LogP contribution in [0.4, 0.5) is 14.5 Å². The third-order valence-electron chi connectivity index (χ3n) is 2.53. The molecule has 0 aliphatic heterocycles. The Balaban J connectivity index is 2.33. The maximum absolute atomic E-state index is 13.5. The number of carbonyl (C=O) groups is 1. The first-order valence-corrected chi connectivity index (χ1v) is 6.26. The number of nitriles is 1. The Morgan fingerprint density at radius 2 is 1.95 bits per heavy atom. The second-order valence-corrected chi connectivity index (χ2v) is 4.80. The summed E-state index contributed by atoms with van der Waals surface area (Å²) in [7, 11) is 0. The van der Waals surface area contributed by atoms with Gasteiger partial charge in [-0.25, -0.2) is 8.78 Å². The average Bonchev–Trinajstić information content (AvgIpc) is 2.38. The topological polar surface area (TPSA) is 52.9 Å². The van der Waals surface area contributed by atoms with Gasteiger partial charge in [0.05, 0.1) is 16.8 Å². The van der Waals surface area contributed by atoms with Crippen molar-refractivity contribution < 1.29 is 13.6 Å². The van der Waals surface area contributed by atoms with E-state index in [4.69, 9.17) is 5.26 Å². The van der Waals surface area contributed by atoms with Gasteiger partial charge >= 0.3 is 0 Å². The van der Waals surface area contributed by atoms with Gasteiger partial charge in [0, 0.05) is 10.5 Å². The molecule has 0 bridgehead atoms. The molecular weight excluding hydrogens is 330 g/mol. The van der Waals surface area contributed by atoms with Crippen molar-refractivity contribution in [2.75, 3.05) is 5.32 Å². The molecule has 1 amide bonds. The maximum atomic E-state index is 13.5. The first kappa shape index (κ1) is 14.2. The Labute approximate surface area is 122 Å². The lowest BCUT2D eigenvalue weighted by Crippen LogP contribution is -2.14. The lowest BCUT2D eigenvalue weighted by Gasteiger charge is -2.08. The van der Waals surface area contributed by atoms with Crippen LogP contribution in [-0.4, -0.2) is 5.91 Å². The summed E-state index contributed by atoms with van der Waals surface area (Å²) in [6.45, 7) is 0. The van der Waals surface area contributed by atoms with E-state index in [1.165, 1.54) is 12.1 Å². The zero-order chi connectivity index (χ0) is 14.7. The number of benzene rings is 2. The molecule has 2 aromatic carbocycles. The van der Waals surface area contributed by atoms with Crippen molar-refractivity contribution in [3.8, 4) is 6.07 Å². The molecule has 100 valence electrons. The smallest absolute Gasteiger partial charge is 0.258 e. The summed E-state index contributed by atoms with van der Waals surface area (Å²) >= 11 is 3.21. The van der Waals surface area contributed by atoms with E-state index in [0.717, 1.165) is 12.1 Å². The van der Waals surface area contributed by atoms with Crippen molar-refractivity contribution >= 4 is 27.5 Å². The van der Waals surface area contributed by atoms with Crippen molar-refractivity contribution in [3.05, 3.63) is 63.6 Å². The zero-order valence-electron chi connectivity index (χ0n) is 9.95. The van der Waals surface area contributed by atoms with Gasteiger partial charge in [0.25, 0.3) is 5.91 Å². The van der Waals surface area contributed by atoms with Crippen LogP contribution in [0.5, 0.6) is 0 Å². The van der Waals surface area contributed by atoms with Crippen molar-refractivity contribution in [2.45, 2.75) is 0 Å². The molecule has 0 unspecified atom stereocenters. The normalized spacial score (nSPS) is 9.90. The molecule has 0 heterocycles. The molecule has 0 aliphatic rings. The van der Waals surface area contributed by atoms with Gasteiger partial charge in [-0.1, -0.05) is 15.9 Å². The molecule has 2 aromatic rings. The standard InChI is InChI=1S/C14H7BrF2N2O/c15-9-2-1-8(7-18)13(5-9)19-14(20)11-4-3-10(16)6-12(11)17/h1-6H,(H,19,20). The van der Waals surface area contributed by atoms with E-state index in [1.807, 2.05) is 6.07 Å². The van der Waals surface area contributed by atoms with Gasteiger partial charge in [0.2, 0.25) is 0 Å².